The van der Waals surface area contributed by atoms with E-state index < -0.39 is 0 Å². The summed E-state index contributed by atoms with van der Waals surface area (Å²) in [6.45, 7) is 2.01. The van der Waals surface area contributed by atoms with Gasteiger partial charge in [-0.2, -0.15) is 0 Å². The van der Waals surface area contributed by atoms with Gasteiger partial charge in [0.05, 0.1) is 0 Å². The summed E-state index contributed by atoms with van der Waals surface area (Å²) in [7, 11) is 0. The molecule has 0 aliphatic rings. The molecule has 0 saturated heterocycles. The molecule has 0 spiro atoms. The molecule has 1 unspecified atom stereocenters. The second-order valence-electron chi connectivity index (χ2n) is 3.89. The first-order chi connectivity index (χ1) is 8.16. The molecule has 0 aliphatic carbocycles. The summed E-state index contributed by atoms with van der Waals surface area (Å²) < 4.78 is 1.07. The highest BCUT2D eigenvalue weighted by Gasteiger charge is 2.08. The van der Waals surface area contributed by atoms with E-state index in [-0.39, 0.29) is 6.04 Å². The Balaban J connectivity index is 2.33. The van der Waals surface area contributed by atoms with E-state index >= 15 is 0 Å². The van der Waals surface area contributed by atoms with Gasteiger partial charge in [-0.25, -0.2) is 0 Å². The molecular formula is C14H14BrNS. The lowest BCUT2D eigenvalue weighted by molar-refractivity contribution is 0.796. The van der Waals surface area contributed by atoms with Crippen LogP contribution in [0.4, 0.5) is 0 Å². The quantitative estimate of drug-likeness (QED) is 0.895. The molecule has 2 aromatic carbocycles. The van der Waals surface area contributed by atoms with Crippen LogP contribution >= 0.6 is 27.7 Å². The van der Waals surface area contributed by atoms with Crippen LogP contribution in [0.1, 0.15) is 18.5 Å². The van der Waals surface area contributed by atoms with E-state index in [1.54, 1.807) is 11.8 Å². The van der Waals surface area contributed by atoms with Crippen LogP contribution in [0.5, 0.6) is 0 Å². The summed E-state index contributed by atoms with van der Waals surface area (Å²) in [5.41, 5.74) is 7.18. The number of hydrogen-bond acceptors (Lipinski definition) is 2. The van der Waals surface area contributed by atoms with Gasteiger partial charge in [-0.05, 0) is 42.8 Å². The van der Waals surface area contributed by atoms with Crippen molar-refractivity contribution in [3.8, 4) is 0 Å². The Morgan fingerprint density at radius 1 is 1.12 bits per heavy atom. The maximum atomic E-state index is 6.00. The molecule has 0 fully saturated rings. The average molecular weight is 308 g/mol. The monoisotopic (exact) mass is 307 g/mol. The molecule has 17 heavy (non-hydrogen) atoms. The average Bonchev–Trinajstić information content (AvgIpc) is 2.32. The fourth-order valence-corrected chi connectivity index (χ4v) is 3.01. The zero-order valence-corrected chi connectivity index (χ0v) is 12.0. The van der Waals surface area contributed by atoms with Gasteiger partial charge in [0.1, 0.15) is 0 Å². The Kier molecular flexibility index (Phi) is 4.26. The van der Waals surface area contributed by atoms with Crippen LogP contribution in [-0.4, -0.2) is 0 Å². The molecule has 88 valence electrons. The van der Waals surface area contributed by atoms with Crippen molar-refractivity contribution < 1.29 is 0 Å². The molecule has 2 rings (SSSR count). The Hall–Kier alpha value is -0.770. The summed E-state index contributed by atoms with van der Waals surface area (Å²) >= 11 is 5.24. The number of hydrogen-bond donors (Lipinski definition) is 1. The minimum absolute atomic E-state index is 0.0405. The van der Waals surface area contributed by atoms with Crippen LogP contribution in [0.15, 0.2) is 62.8 Å². The van der Waals surface area contributed by atoms with E-state index in [1.165, 1.54) is 15.4 Å². The molecule has 2 N–H and O–H groups in total. The standard InChI is InChI=1S/C14H14BrNS/c1-10(16)13-9-11(15)7-8-14(13)17-12-5-3-2-4-6-12/h2-10H,16H2,1H3. The maximum Gasteiger partial charge on any atom is 0.0277 e. The van der Waals surface area contributed by atoms with Crippen LogP contribution in [0, 0.1) is 0 Å². The van der Waals surface area contributed by atoms with E-state index in [2.05, 4.69) is 46.3 Å². The molecule has 1 nitrogen and oxygen atoms in total. The van der Waals surface area contributed by atoms with Gasteiger partial charge in [-0.15, -0.1) is 0 Å². The number of rotatable bonds is 3. The molecule has 0 amide bonds. The van der Waals surface area contributed by atoms with Crippen molar-refractivity contribution >= 4 is 27.7 Å². The van der Waals surface area contributed by atoms with E-state index in [4.69, 9.17) is 5.73 Å². The Labute approximate surface area is 115 Å². The van der Waals surface area contributed by atoms with Gasteiger partial charge >= 0.3 is 0 Å². The Bertz CT molecular complexity index is 497. The molecule has 0 heterocycles. The molecule has 0 radical (unpaired) electrons. The van der Waals surface area contributed by atoms with E-state index in [1.807, 2.05) is 25.1 Å². The fourth-order valence-electron chi connectivity index (χ4n) is 1.58. The van der Waals surface area contributed by atoms with Crippen LogP contribution in [-0.2, 0) is 0 Å². The minimum Gasteiger partial charge on any atom is -0.324 e. The van der Waals surface area contributed by atoms with E-state index in [9.17, 15) is 0 Å². The predicted molar refractivity (Wildman–Crippen MR) is 77.3 cm³/mol. The summed E-state index contributed by atoms with van der Waals surface area (Å²) in [6, 6.07) is 16.6. The van der Waals surface area contributed by atoms with E-state index in [0.29, 0.717) is 0 Å². The third kappa shape index (κ3) is 3.35. The summed E-state index contributed by atoms with van der Waals surface area (Å²) in [5, 5.41) is 0. The first kappa shape index (κ1) is 12.7. The second-order valence-corrected chi connectivity index (χ2v) is 5.92. The SMILES string of the molecule is CC(N)c1cc(Br)ccc1Sc1ccccc1. The van der Waals surface area contributed by atoms with Crippen LogP contribution < -0.4 is 5.73 Å². The van der Waals surface area contributed by atoms with Crippen molar-refractivity contribution in [3.63, 3.8) is 0 Å². The third-order valence-electron chi connectivity index (χ3n) is 2.43. The number of nitrogens with two attached hydrogens (primary N) is 1. The molecule has 0 bridgehead atoms. The second kappa shape index (κ2) is 5.71. The van der Waals surface area contributed by atoms with Crippen LogP contribution in [0.25, 0.3) is 0 Å². The van der Waals surface area contributed by atoms with Gasteiger partial charge in [-0.1, -0.05) is 45.9 Å². The number of halogens is 1. The van der Waals surface area contributed by atoms with Crippen molar-refractivity contribution in [1.82, 2.24) is 0 Å². The largest absolute Gasteiger partial charge is 0.324 e. The summed E-state index contributed by atoms with van der Waals surface area (Å²) in [5.74, 6) is 0. The summed E-state index contributed by atoms with van der Waals surface area (Å²) in [4.78, 5) is 2.45. The zero-order chi connectivity index (χ0) is 12.3. The molecule has 1 atom stereocenters. The van der Waals surface area contributed by atoms with Crippen molar-refractivity contribution in [2.45, 2.75) is 22.8 Å². The first-order valence-corrected chi connectivity index (χ1v) is 7.05. The topological polar surface area (TPSA) is 26.0 Å². The highest BCUT2D eigenvalue weighted by atomic mass is 79.9. The molecule has 0 aliphatic heterocycles. The Morgan fingerprint density at radius 3 is 2.47 bits per heavy atom. The van der Waals surface area contributed by atoms with Crippen molar-refractivity contribution in [2.24, 2.45) is 5.73 Å². The van der Waals surface area contributed by atoms with Crippen LogP contribution in [0.2, 0.25) is 0 Å². The highest BCUT2D eigenvalue weighted by molar-refractivity contribution is 9.10. The zero-order valence-electron chi connectivity index (χ0n) is 9.56. The van der Waals surface area contributed by atoms with Gasteiger partial charge < -0.3 is 5.73 Å². The van der Waals surface area contributed by atoms with Gasteiger partial charge in [0.25, 0.3) is 0 Å². The van der Waals surface area contributed by atoms with Gasteiger partial charge in [0.15, 0.2) is 0 Å². The molecule has 3 heteroatoms. The third-order valence-corrected chi connectivity index (χ3v) is 4.03. The minimum atomic E-state index is 0.0405. The maximum absolute atomic E-state index is 6.00. The smallest absolute Gasteiger partial charge is 0.0277 e. The Morgan fingerprint density at radius 2 is 1.82 bits per heavy atom. The highest BCUT2D eigenvalue weighted by Crippen LogP contribution is 2.34. The van der Waals surface area contributed by atoms with Crippen molar-refractivity contribution in [1.29, 1.82) is 0 Å². The van der Waals surface area contributed by atoms with Crippen molar-refractivity contribution in [3.05, 3.63) is 58.6 Å². The fraction of sp³-hybridized carbons (Fsp3) is 0.143. The first-order valence-electron chi connectivity index (χ1n) is 5.45. The van der Waals surface area contributed by atoms with E-state index in [0.717, 1.165) is 4.47 Å². The molecule has 0 saturated carbocycles. The number of benzene rings is 2. The van der Waals surface area contributed by atoms with Gasteiger partial charge in [0, 0.05) is 20.3 Å². The molecule has 0 aromatic heterocycles. The lowest BCUT2D eigenvalue weighted by Gasteiger charge is -2.12. The van der Waals surface area contributed by atoms with Crippen molar-refractivity contribution in [2.75, 3.05) is 0 Å². The normalized spacial score (nSPS) is 12.4. The van der Waals surface area contributed by atoms with Gasteiger partial charge in [0.2, 0.25) is 0 Å². The molecular weight excluding hydrogens is 294 g/mol. The predicted octanol–water partition coefficient (Wildman–Crippen LogP) is 4.62. The lowest BCUT2D eigenvalue weighted by Crippen LogP contribution is -2.06. The van der Waals surface area contributed by atoms with Crippen LogP contribution in [0.3, 0.4) is 0 Å². The van der Waals surface area contributed by atoms with Gasteiger partial charge in [-0.3, -0.25) is 0 Å². The summed E-state index contributed by atoms with van der Waals surface area (Å²) in [6.07, 6.45) is 0. The molecule has 2 aromatic rings. The lowest BCUT2D eigenvalue weighted by atomic mass is 10.1.